The number of anilines is 1. The van der Waals surface area contributed by atoms with Gasteiger partial charge in [-0.25, -0.2) is 0 Å². The highest BCUT2D eigenvalue weighted by atomic mass is 79.9. The molecule has 0 aromatic heterocycles. The molecule has 112 valence electrons. The van der Waals surface area contributed by atoms with Gasteiger partial charge in [0.25, 0.3) is 0 Å². The second-order valence-electron chi connectivity index (χ2n) is 4.54. The van der Waals surface area contributed by atoms with Crippen LogP contribution >= 0.6 is 15.9 Å². The van der Waals surface area contributed by atoms with Crippen molar-refractivity contribution in [1.29, 1.82) is 0 Å². The number of benzene rings is 2. The van der Waals surface area contributed by atoms with E-state index in [-0.39, 0.29) is 10.2 Å². The molecule has 0 amide bonds. The highest BCUT2D eigenvalue weighted by molar-refractivity contribution is 9.10. The van der Waals surface area contributed by atoms with E-state index in [0.717, 1.165) is 16.8 Å². The summed E-state index contributed by atoms with van der Waals surface area (Å²) < 4.78 is 40.7. The largest absolute Gasteiger partial charge is 0.573 e. The molecule has 0 aliphatic rings. The monoisotopic (exact) mass is 359 g/mol. The van der Waals surface area contributed by atoms with Crippen LogP contribution in [0.1, 0.15) is 11.1 Å². The zero-order valence-electron chi connectivity index (χ0n) is 11.2. The van der Waals surface area contributed by atoms with Gasteiger partial charge in [-0.15, -0.1) is 13.2 Å². The van der Waals surface area contributed by atoms with Crippen molar-refractivity contribution in [1.82, 2.24) is 0 Å². The molecule has 0 aliphatic carbocycles. The molecule has 2 aromatic rings. The van der Waals surface area contributed by atoms with E-state index in [0.29, 0.717) is 6.54 Å². The number of hydrogen-bond acceptors (Lipinski definition) is 2. The van der Waals surface area contributed by atoms with Crippen molar-refractivity contribution in [2.75, 3.05) is 5.32 Å². The summed E-state index contributed by atoms with van der Waals surface area (Å²) in [6, 6.07) is 12.3. The molecular formula is C15H13BrF3NO. The average Bonchev–Trinajstić information content (AvgIpc) is 2.38. The van der Waals surface area contributed by atoms with E-state index >= 15 is 0 Å². The Morgan fingerprint density at radius 2 is 1.90 bits per heavy atom. The number of hydrogen-bond donors (Lipinski definition) is 1. The van der Waals surface area contributed by atoms with Gasteiger partial charge in [0.05, 0.1) is 4.47 Å². The summed E-state index contributed by atoms with van der Waals surface area (Å²) in [5.74, 6) is -0.248. The van der Waals surface area contributed by atoms with E-state index < -0.39 is 6.36 Å². The standard InChI is InChI=1S/C15H13BrF3NO/c1-10-3-2-4-12(7-10)20-9-11-5-6-14(13(16)8-11)21-15(17,18)19/h2-8,20H,9H2,1H3. The second-order valence-corrected chi connectivity index (χ2v) is 5.39. The zero-order valence-corrected chi connectivity index (χ0v) is 12.8. The van der Waals surface area contributed by atoms with Gasteiger partial charge in [-0.1, -0.05) is 18.2 Å². The fraction of sp³-hybridized carbons (Fsp3) is 0.200. The summed E-state index contributed by atoms with van der Waals surface area (Å²) in [4.78, 5) is 0. The maximum Gasteiger partial charge on any atom is 0.573 e. The second kappa shape index (κ2) is 6.39. The van der Waals surface area contributed by atoms with Crippen LogP contribution in [0.3, 0.4) is 0 Å². The van der Waals surface area contributed by atoms with Crippen molar-refractivity contribution in [3.05, 3.63) is 58.1 Å². The molecule has 0 saturated heterocycles. The average molecular weight is 360 g/mol. The molecule has 0 bridgehead atoms. The molecule has 0 radical (unpaired) electrons. The smallest absolute Gasteiger partial charge is 0.405 e. The minimum absolute atomic E-state index is 0.248. The van der Waals surface area contributed by atoms with Crippen LogP contribution in [-0.2, 0) is 6.54 Å². The molecule has 0 spiro atoms. The summed E-state index contributed by atoms with van der Waals surface area (Å²) in [5.41, 5.74) is 2.94. The van der Waals surface area contributed by atoms with Gasteiger partial charge in [0.2, 0.25) is 0 Å². The fourth-order valence-electron chi connectivity index (χ4n) is 1.82. The maximum absolute atomic E-state index is 12.2. The quantitative estimate of drug-likeness (QED) is 0.802. The number of alkyl halides is 3. The Morgan fingerprint density at radius 3 is 2.52 bits per heavy atom. The number of nitrogens with one attached hydrogen (secondary N) is 1. The van der Waals surface area contributed by atoms with E-state index in [1.807, 2.05) is 31.2 Å². The molecule has 2 nitrogen and oxygen atoms in total. The predicted molar refractivity (Wildman–Crippen MR) is 79.3 cm³/mol. The summed E-state index contributed by atoms with van der Waals surface area (Å²) in [6.07, 6.45) is -4.69. The van der Waals surface area contributed by atoms with Crippen molar-refractivity contribution in [2.45, 2.75) is 19.8 Å². The lowest BCUT2D eigenvalue weighted by Gasteiger charge is -2.12. The van der Waals surface area contributed by atoms with Crippen LogP contribution in [0, 0.1) is 6.92 Å². The summed E-state index contributed by atoms with van der Waals surface area (Å²) in [6.45, 7) is 2.50. The summed E-state index contributed by atoms with van der Waals surface area (Å²) in [7, 11) is 0. The first-order chi connectivity index (χ1) is 9.83. The van der Waals surface area contributed by atoms with Gasteiger partial charge in [-0.3, -0.25) is 0 Å². The van der Waals surface area contributed by atoms with Gasteiger partial charge < -0.3 is 10.1 Å². The highest BCUT2D eigenvalue weighted by Crippen LogP contribution is 2.31. The molecule has 0 heterocycles. The Morgan fingerprint density at radius 1 is 1.14 bits per heavy atom. The van der Waals surface area contributed by atoms with Crippen molar-refractivity contribution in [3.63, 3.8) is 0 Å². The van der Waals surface area contributed by atoms with Crippen molar-refractivity contribution in [2.24, 2.45) is 0 Å². The molecule has 0 aliphatic heterocycles. The lowest BCUT2D eigenvalue weighted by atomic mass is 10.2. The predicted octanol–water partition coefficient (Wildman–Crippen LogP) is 5.27. The molecule has 0 atom stereocenters. The maximum atomic E-state index is 12.2. The molecule has 0 saturated carbocycles. The van der Waals surface area contributed by atoms with Gasteiger partial charge in [0, 0.05) is 12.2 Å². The molecule has 21 heavy (non-hydrogen) atoms. The third-order valence-electron chi connectivity index (χ3n) is 2.74. The number of halogens is 4. The zero-order chi connectivity index (χ0) is 15.5. The molecule has 0 unspecified atom stereocenters. The van der Waals surface area contributed by atoms with Crippen LogP contribution in [0.2, 0.25) is 0 Å². The Bertz CT molecular complexity index is 629. The topological polar surface area (TPSA) is 21.3 Å². The third-order valence-corrected chi connectivity index (χ3v) is 3.36. The summed E-state index contributed by atoms with van der Waals surface area (Å²) >= 11 is 3.08. The molecule has 0 fully saturated rings. The van der Waals surface area contributed by atoms with E-state index in [1.54, 1.807) is 12.1 Å². The van der Waals surface area contributed by atoms with Crippen LogP contribution in [-0.4, -0.2) is 6.36 Å². The van der Waals surface area contributed by atoms with Crippen LogP contribution in [0.4, 0.5) is 18.9 Å². The summed E-state index contributed by atoms with van der Waals surface area (Å²) in [5, 5.41) is 3.21. The van der Waals surface area contributed by atoms with Gasteiger partial charge in [0.15, 0.2) is 0 Å². The van der Waals surface area contributed by atoms with E-state index in [9.17, 15) is 13.2 Å². The molecule has 1 N–H and O–H groups in total. The Balaban J connectivity index is 2.03. The Kier molecular flexibility index (Phi) is 4.77. The van der Waals surface area contributed by atoms with Gasteiger partial charge in [-0.05, 0) is 58.2 Å². The van der Waals surface area contributed by atoms with Gasteiger partial charge in [0.1, 0.15) is 5.75 Å². The van der Waals surface area contributed by atoms with Crippen LogP contribution in [0.25, 0.3) is 0 Å². The highest BCUT2D eigenvalue weighted by Gasteiger charge is 2.31. The Hall–Kier alpha value is -1.69. The van der Waals surface area contributed by atoms with Crippen LogP contribution in [0.5, 0.6) is 5.75 Å². The fourth-order valence-corrected chi connectivity index (χ4v) is 2.33. The van der Waals surface area contributed by atoms with E-state index in [2.05, 4.69) is 26.0 Å². The normalized spacial score (nSPS) is 11.3. The van der Waals surface area contributed by atoms with Gasteiger partial charge >= 0.3 is 6.36 Å². The van der Waals surface area contributed by atoms with E-state index in [1.165, 1.54) is 6.07 Å². The lowest BCUT2D eigenvalue weighted by Crippen LogP contribution is -2.17. The van der Waals surface area contributed by atoms with Gasteiger partial charge in [-0.2, -0.15) is 0 Å². The first-order valence-electron chi connectivity index (χ1n) is 6.18. The number of rotatable bonds is 4. The SMILES string of the molecule is Cc1cccc(NCc2ccc(OC(F)(F)F)c(Br)c2)c1. The lowest BCUT2D eigenvalue weighted by molar-refractivity contribution is -0.274. The van der Waals surface area contributed by atoms with Crippen molar-refractivity contribution in [3.8, 4) is 5.75 Å². The molecule has 6 heteroatoms. The number of ether oxygens (including phenoxy) is 1. The van der Waals surface area contributed by atoms with Crippen LogP contribution < -0.4 is 10.1 Å². The first-order valence-corrected chi connectivity index (χ1v) is 6.97. The minimum atomic E-state index is -4.69. The third kappa shape index (κ3) is 4.97. The molecule has 2 aromatic carbocycles. The number of aryl methyl sites for hydroxylation is 1. The van der Waals surface area contributed by atoms with E-state index in [4.69, 9.17) is 0 Å². The Labute approximate surface area is 129 Å². The minimum Gasteiger partial charge on any atom is -0.405 e. The molecule has 2 rings (SSSR count). The van der Waals surface area contributed by atoms with Crippen molar-refractivity contribution >= 4 is 21.6 Å². The first kappa shape index (κ1) is 15.7. The van der Waals surface area contributed by atoms with Crippen LogP contribution in [0.15, 0.2) is 46.9 Å². The molecular weight excluding hydrogens is 347 g/mol. The van der Waals surface area contributed by atoms with Crippen molar-refractivity contribution < 1.29 is 17.9 Å².